The molecule has 0 aromatic heterocycles. The van der Waals surface area contributed by atoms with E-state index in [1.807, 2.05) is 42.5 Å². The van der Waals surface area contributed by atoms with Crippen LogP contribution < -0.4 is 10.1 Å². The van der Waals surface area contributed by atoms with Crippen LogP contribution in [0.4, 0.5) is 0 Å². The van der Waals surface area contributed by atoms with Gasteiger partial charge in [-0.2, -0.15) is 0 Å². The molecule has 20 heavy (non-hydrogen) atoms. The van der Waals surface area contributed by atoms with Gasteiger partial charge in [0.1, 0.15) is 5.75 Å². The molecule has 0 fully saturated rings. The smallest absolute Gasteiger partial charge is 0.251 e. The van der Waals surface area contributed by atoms with Gasteiger partial charge in [0.05, 0.1) is 13.2 Å². The molecule has 2 rings (SSSR count). The SMILES string of the molecule is CC[C@H](NC(=O)c1cccc(OC)c1)c1ccccc1. The van der Waals surface area contributed by atoms with Crippen molar-refractivity contribution >= 4 is 5.91 Å². The molecule has 0 aliphatic carbocycles. The van der Waals surface area contributed by atoms with Crippen molar-refractivity contribution in [3.63, 3.8) is 0 Å². The number of methoxy groups -OCH3 is 1. The Morgan fingerprint density at radius 1 is 1.15 bits per heavy atom. The first-order chi connectivity index (χ1) is 9.74. The van der Waals surface area contributed by atoms with Crippen molar-refractivity contribution in [2.75, 3.05) is 7.11 Å². The minimum absolute atomic E-state index is 0.0231. The maximum atomic E-state index is 12.3. The Hall–Kier alpha value is -2.29. The van der Waals surface area contributed by atoms with Crippen LogP contribution >= 0.6 is 0 Å². The van der Waals surface area contributed by atoms with Gasteiger partial charge in [0, 0.05) is 5.56 Å². The minimum atomic E-state index is -0.0837. The molecule has 0 aliphatic heterocycles. The summed E-state index contributed by atoms with van der Waals surface area (Å²) in [6.07, 6.45) is 0.847. The second-order valence-corrected chi connectivity index (χ2v) is 4.58. The number of benzene rings is 2. The van der Waals surface area contributed by atoms with Crippen LogP contribution in [-0.2, 0) is 0 Å². The van der Waals surface area contributed by atoms with E-state index in [2.05, 4.69) is 12.2 Å². The van der Waals surface area contributed by atoms with Gasteiger partial charge in [-0.3, -0.25) is 4.79 Å². The lowest BCUT2D eigenvalue weighted by Crippen LogP contribution is -2.28. The Kier molecular flexibility index (Phi) is 4.77. The summed E-state index contributed by atoms with van der Waals surface area (Å²) in [6, 6.07) is 17.2. The molecule has 1 amide bonds. The number of rotatable bonds is 5. The Morgan fingerprint density at radius 2 is 1.90 bits per heavy atom. The highest BCUT2D eigenvalue weighted by molar-refractivity contribution is 5.94. The van der Waals surface area contributed by atoms with Crippen LogP contribution in [-0.4, -0.2) is 13.0 Å². The van der Waals surface area contributed by atoms with Crippen molar-refractivity contribution < 1.29 is 9.53 Å². The Labute approximate surface area is 119 Å². The average molecular weight is 269 g/mol. The van der Waals surface area contributed by atoms with Crippen LogP contribution in [0.2, 0.25) is 0 Å². The van der Waals surface area contributed by atoms with E-state index in [0.717, 1.165) is 12.0 Å². The summed E-state index contributed by atoms with van der Waals surface area (Å²) >= 11 is 0. The number of carbonyl (C=O) groups is 1. The summed E-state index contributed by atoms with van der Waals surface area (Å²) in [5.41, 5.74) is 1.73. The fourth-order valence-electron chi connectivity index (χ4n) is 2.11. The fraction of sp³-hybridized carbons (Fsp3) is 0.235. The van der Waals surface area contributed by atoms with Gasteiger partial charge in [-0.15, -0.1) is 0 Å². The van der Waals surface area contributed by atoms with Crippen molar-refractivity contribution in [3.05, 3.63) is 65.7 Å². The van der Waals surface area contributed by atoms with Crippen LogP contribution in [0.25, 0.3) is 0 Å². The first-order valence-electron chi connectivity index (χ1n) is 6.74. The highest BCUT2D eigenvalue weighted by atomic mass is 16.5. The summed E-state index contributed by atoms with van der Waals surface area (Å²) in [4.78, 5) is 12.3. The summed E-state index contributed by atoms with van der Waals surface area (Å²) in [7, 11) is 1.59. The predicted molar refractivity (Wildman–Crippen MR) is 79.9 cm³/mol. The topological polar surface area (TPSA) is 38.3 Å². The molecule has 1 N–H and O–H groups in total. The van der Waals surface area contributed by atoms with Crippen LogP contribution in [0.3, 0.4) is 0 Å². The number of amides is 1. The molecule has 3 nitrogen and oxygen atoms in total. The third kappa shape index (κ3) is 3.38. The third-order valence-corrected chi connectivity index (χ3v) is 3.25. The van der Waals surface area contributed by atoms with E-state index in [1.54, 1.807) is 19.2 Å². The number of hydrogen-bond donors (Lipinski definition) is 1. The van der Waals surface area contributed by atoms with Gasteiger partial charge in [0.25, 0.3) is 5.91 Å². The largest absolute Gasteiger partial charge is 0.497 e. The van der Waals surface area contributed by atoms with Crippen molar-refractivity contribution in [3.8, 4) is 5.75 Å². The maximum Gasteiger partial charge on any atom is 0.251 e. The molecule has 2 aromatic carbocycles. The van der Waals surface area contributed by atoms with Gasteiger partial charge in [-0.1, -0.05) is 43.3 Å². The van der Waals surface area contributed by atoms with Gasteiger partial charge in [0.15, 0.2) is 0 Å². The fourth-order valence-corrected chi connectivity index (χ4v) is 2.11. The summed E-state index contributed by atoms with van der Waals surface area (Å²) in [5, 5.41) is 3.06. The van der Waals surface area contributed by atoms with Crippen LogP contribution in [0.1, 0.15) is 35.3 Å². The summed E-state index contributed by atoms with van der Waals surface area (Å²) < 4.78 is 5.14. The molecule has 0 bridgehead atoms. The van der Waals surface area contributed by atoms with Crippen molar-refractivity contribution in [2.24, 2.45) is 0 Å². The maximum absolute atomic E-state index is 12.3. The minimum Gasteiger partial charge on any atom is -0.497 e. The Morgan fingerprint density at radius 3 is 2.55 bits per heavy atom. The summed E-state index contributed by atoms with van der Waals surface area (Å²) in [6.45, 7) is 2.06. The quantitative estimate of drug-likeness (QED) is 0.901. The van der Waals surface area contributed by atoms with E-state index in [-0.39, 0.29) is 11.9 Å². The monoisotopic (exact) mass is 269 g/mol. The van der Waals surface area contributed by atoms with E-state index in [9.17, 15) is 4.79 Å². The van der Waals surface area contributed by atoms with Gasteiger partial charge in [-0.25, -0.2) is 0 Å². The van der Waals surface area contributed by atoms with Crippen LogP contribution in [0, 0.1) is 0 Å². The first kappa shape index (κ1) is 14.1. The zero-order valence-corrected chi connectivity index (χ0v) is 11.8. The lowest BCUT2D eigenvalue weighted by atomic mass is 10.0. The van der Waals surface area contributed by atoms with E-state index in [4.69, 9.17) is 4.74 Å². The third-order valence-electron chi connectivity index (χ3n) is 3.25. The zero-order valence-electron chi connectivity index (χ0n) is 11.8. The lowest BCUT2D eigenvalue weighted by molar-refractivity contribution is 0.0935. The molecule has 2 aromatic rings. The molecular formula is C17H19NO2. The first-order valence-corrected chi connectivity index (χ1v) is 6.74. The van der Waals surface area contributed by atoms with E-state index in [0.29, 0.717) is 11.3 Å². The predicted octanol–water partition coefficient (Wildman–Crippen LogP) is 3.58. The standard InChI is InChI=1S/C17H19NO2/c1-3-16(13-8-5-4-6-9-13)18-17(19)14-10-7-11-15(12-14)20-2/h4-12,16H,3H2,1-2H3,(H,18,19)/t16-/m0/s1. The average Bonchev–Trinajstić information content (AvgIpc) is 2.53. The molecule has 1 atom stereocenters. The number of ether oxygens (including phenoxy) is 1. The summed E-state index contributed by atoms with van der Waals surface area (Å²) in [5.74, 6) is 0.602. The van der Waals surface area contributed by atoms with Gasteiger partial charge in [-0.05, 0) is 30.2 Å². The highest BCUT2D eigenvalue weighted by Crippen LogP contribution is 2.18. The molecule has 0 radical (unpaired) electrons. The van der Waals surface area contributed by atoms with Gasteiger partial charge in [0.2, 0.25) is 0 Å². The zero-order chi connectivity index (χ0) is 14.4. The number of hydrogen-bond acceptors (Lipinski definition) is 2. The second kappa shape index (κ2) is 6.75. The normalized spacial score (nSPS) is 11.7. The highest BCUT2D eigenvalue weighted by Gasteiger charge is 2.14. The Bertz CT molecular complexity index is 566. The van der Waals surface area contributed by atoms with Crippen molar-refractivity contribution in [1.29, 1.82) is 0 Å². The molecule has 3 heteroatoms. The van der Waals surface area contributed by atoms with Gasteiger partial charge < -0.3 is 10.1 Å². The van der Waals surface area contributed by atoms with E-state index < -0.39 is 0 Å². The van der Waals surface area contributed by atoms with E-state index in [1.165, 1.54) is 0 Å². The van der Waals surface area contributed by atoms with Crippen molar-refractivity contribution in [2.45, 2.75) is 19.4 Å². The van der Waals surface area contributed by atoms with Gasteiger partial charge >= 0.3 is 0 Å². The molecule has 0 heterocycles. The molecule has 0 saturated carbocycles. The van der Waals surface area contributed by atoms with Crippen LogP contribution in [0.15, 0.2) is 54.6 Å². The lowest BCUT2D eigenvalue weighted by Gasteiger charge is -2.17. The molecule has 0 aliphatic rings. The van der Waals surface area contributed by atoms with E-state index >= 15 is 0 Å². The molecule has 0 spiro atoms. The number of nitrogens with one attached hydrogen (secondary N) is 1. The molecular weight excluding hydrogens is 250 g/mol. The van der Waals surface area contributed by atoms with Crippen LogP contribution in [0.5, 0.6) is 5.75 Å². The number of carbonyl (C=O) groups excluding carboxylic acids is 1. The second-order valence-electron chi connectivity index (χ2n) is 4.58. The molecule has 0 saturated heterocycles. The van der Waals surface area contributed by atoms with Crippen molar-refractivity contribution in [1.82, 2.24) is 5.32 Å². The Balaban J connectivity index is 2.13. The molecule has 0 unspecified atom stereocenters. The molecule has 104 valence electrons.